The van der Waals surface area contributed by atoms with E-state index in [1.807, 2.05) is 24.3 Å². The number of rotatable bonds is 5. The van der Waals surface area contributed by atoms with Gasteiger partial charge in [0, 0.05) is 10.7 Å². The van der Waals surface area contributed by atoms with Crippen molar-refractivity contribution in [3.8, 4) is 0 Å². The molecular weight excluding hydrogens is 391 g/mol. The van der Waals surface area contributed by atoms with Crippen LogP contribution in [0.15, 0.2) is 24.3 Å². The lowest BCUT2D eigenvalue weighted by molar-refractivity contribution is -0.303. The molecular formula is C14H19IO6. The molecule has 7 heteroatoms. The fourth-order valence-electron chi connectivity index (χ4n) is 2.26. The molecule has 5 atom stereocenters. The van der Waals surface area contributed by atoms with Crippen molar-refractivity contribution in [1.29, 1.82) is 0 Å². The van der Waals surface area contributed by atoms with E-state index >= 15 is 0 Å². The van der Waals surface area contributed by atoms with Crippen molar-refractivity contribution >= 4 is 22.6 Å². The van der Waals surface area contributed by atoms with E-state index in [2.05, 4.69) is 22.6 Å². The largest absolute Gasteiger partial charge is 0.394 e. The van der Waals surface area contributed by atoms with Gasteiger partial charge in [-0.15, -0.1) is 0 Å². The van der Waals surface area contributed by atoms with Crippen LogP contribution in [0.2, 0.25) is 0 Å². The third-order valence-electron chi connectivity index (χ3n) is 3.39. The number of hydrogen-bond acceptors (Lipinski definition) is 6. The van der Waals surface area contributed by atoms with Crippen molar-refractivity contribution in [3.05, 3.63) is 33.4 Å². The molecule has 1 aromatic rings. The Morgan fingerprint density at radius 3 is 2.67 bits per heavy atom. The van der Waals surface area contributed by atoms with Crippen LogP contribution in [-0.4, -0.2) is 59.7 Å². The van der Waals surface area contributed by atoms with E-state index in [0.717, 1.165) is 9.13 Å². The predicted molar refractivity (Wildman–Crippen MR) is 82.5 cm³/mol. The van der Waals surface area contributed by atoms with E-state index in [1.165, 1.54) is 7.11 Å². The molecule has 0 aliphatic carbocycles. The molecule has 21 heavy (non-hydrogen) atoms. The van der Waals surface area contributed by atoms with Crippen molar-refractivity contribution in [3.63, 3.8) is 0 Å². The molecule has 1 fully saturated rings. The summed E-state index contributed by atoms with van der Waals surface area (Å²) in [4.78, 5) is 0. The summed E-state index contributed by atoms with van der Waals surface area (Å²) < 4.78 is 17.0. The second-order valence-electron chi connectivity index (χ2n) is 4.85. The Bertz CT molecular complexity index is 441. The van der Waals surface area contributed by atoms with Gasteiger partial charge in [-0.05, 0) is 40.3 Å². The van der Waals surface area contributed by atoms with Gasteiger partial charge in [-0.3, -0.25) is 0 Å². The van der Waals surface area contributed by atoms with Crippen LogP contribution in [0.25, 0.3) is 0 Å². The highest BCUT2D eigenvalue weighted by atomic mass is 127. The van der Waals surface area contributed by atoms with Gasteiger partial charge in [0.1, 0.15) is 24.4 Å². The first kappa shape index (κ1) is 17.1. The number of aliphatic hydroxyl groups is 3. The van der Waals surface area contributed by atoms with Gasteiger partial charge in [-0.2, -0.15) is 0 Å². The van der Waals surface area contributed by atoms with Crippen LogP contribution in [0.1, 0.15) is 5.56 Å². The summed E-state index contributed by atoms with van der Waals surface area (Å²) in [6.07, 6.45) is -4.93. The maximum absolute atomic E-state index is 10.1. The molecule has 0 aromatic heterocycles. The first-order chi connectivity index (χ1) is 10.1. The van der Waals surface area contributed by atoms with E-state index in [0.29, 0.717) is 0 Å². The van der Waals surface area contributed by atoms with Crippen molar-refractivity contribution in [2.24, 2.45) is 0 Å². The number of hydrogen-bond donors (Lipinski definition) is 3. The van der Waals surface area contributed by atoms with Gasteiger partial charge >= 0.3 is 0 Å². The lowest BCUT2D eigenvalue weighted by atomic mass is 9.99. The summed E-state index contributed by atoms with van der Waals surface area (Å²) in [6, 6.07) is 7.73. The molecule has 0 spiro atoms. The minimum Gasteiger partial charge on any atom is -0.394 e. The molecule has 0 unspecified atom stereocenters. The van der Waals surface area contributed by atoms with Crippen LogP contribution < -0.4 is 0 Å². The van der Waals surface area contributed by atoms with Crippen LogP contribution >= 0.6 is 22.6 Å². The monoisotopic (exact) mass is 410 g/mol. The Balaban J connectivity index is 2.04. The highest BCUT2D eigenvalue weighted by molar-refractivity contribution is 14.1. The zero-order chi connectivity index (χ0) is 15.4. The van der Waals surface area contributed by atoms with Crippen molar-refractivity contribution < 1.29 is 29.5 Å². The smallest absolute Gasteiger partial charge is 0.186 e. The van der Waals surface area contributed by atoms with Crippen molar-refractivity contribution in [1.82, 2.24) is 0 Å². The Morgan fingerprint density at radius 1 is 1.29 bits per heavy atom. The molecule has 1 aliphatic rings. The van der Waals surface area contributed by atoms with E-state index in [-0.39, 0.29) is 13.2 Å². The van der Waals surface area contributed by atoms with E-state index in [9.17, 15) is 15.3 Å². The average molecular weight is 410 g/mol. The van der Waals surface area contributed by atoms with Crippen LogP contribution in [0.5, 0.6) is 0 Å². The lowest BCUT2D eigenvalue weighted by Gasteiger charge is -2.41. The Hall–Kier alpha value is -0.290. The molecule has 1 heterocycles. The van der Waals surface area contributed by atoms with Gasteiger partial charge in [0.25, 0.3) is 0 Å². The third-order valence-corrected chi connectivity index (χ3v) is 4.06. The SMILES string of the molecule is CO[C@@H]1O[C@H](CO)[C@H](O)[C@H](OCc2cccc(I)c2)[C@H]1O. The van der Waals surface area contributed by atoms with Crippen molar-refractivity contribution in [2.75, 3.05) is 13.7 Å². The summed E-state index contributed by atoms with van der Waals surface area (Å²) in [7, 11) is 1.39. The van der Waals surface area contributed by atoms with Crippen LogP contribution in [0.3, 0.4) is 0 Å². The first-order valence-corrected chi connectivity index (χ1v) is 7.66. The van der Waals surface area contributed by atoms with Crippen LogP contribution in [0.4, 0.5) is 0 Å². The van der Waals surface area contributed by atoms with E-state index in [1.54, 1.807) is 0 Å². The fraction of sp³-hybridized carbons (Fsp3) is 0.571. The molecule has 2 rings (SSSR count). The van der Waals surface area contributed by atoms with Crippen LogP contribution in [-0.2, 0) is 20.8 Å². The Kier molecular flexibility index (Phi) is 6.35. The highest BCUT2D eigenvalue weighted by Gasteiger charge is 2.45. The molecule has 0 amide bonds. The number of methoxy groups -OCH3 is 1. The number of halogens is 1. The summed E-state index contributed by atoms with van der Waals surface area (Å²) >= 11 is 2.20. The number of aliphatic hydroxyl groups excluding tert-OH is 3. The topological polar surface area (TPSA) is 88.4 Å². The maximum Gasteiger partial charge on any atom is 0.186 e. The molecule has 6 nitrogen and oxygen atoms in total. The summed E-state index contributed by atoms with van der Waals surface area (Å²) in [6.45, 7) is -0.138. The Morgan fingerprint density at radius 2 is 2.05 bits per heavy atom. The van der Waals surface area contributed by atoms with Gasteiger partial charge in [0.05, 0.1) is 13.2 Å². The summed E-state index contributed by atoms with van der Waals surface area (Å²) in [5, 5.41) is 29.5. The van der Waals surface area contributed by atoms with Crippen LogP contribution in [0, 0.1) is 3.57 Å². The summed E-state index contributed by atoms with van der Waals surface area (Å²) in [5.41, 5.74) is 0.933. The van der Waals surface area contributed by atoms with Gasteiger partial charge in [0.15, 0.2) is 6.29 Å². The number of ether oxygens (including phenoxy) is 3. The number of benzene rings is 1. The molecule has 118 valence electrons. The Labute approximate surface area is 136 Å². The molecule has 0 bridgehead atoms. The lowest BCUT2D eigenvalue weighted by Crippen LogP contribution is -2.59. The molecule has 0 radical (unpaired) electrons. The average Bonchev–Trinajstić information content (AvgIpc) is 2.47. The zero-order valence-electron chi connectivity index (χ0n) is 11.6. The van der Waals surface area contributed by atoms with Gasteiger partial charge in [-0.1, -0.05) is 12.1 Å². The molecule has 1 aliphatic heterocycles. The second-order valence-corrected chi connectivity index (χ2v) is 6.09. The van der Waals surface area contributed by atoms with Gasteiger partial charge in [-0.25, -0.2) is 0 Å². The molecule has 0 saturated carbocycles. The first-order valence-electron chi connectivity index (χ1n) is 6.58. The van der Waals surface area contributed by atoms with E-state index < -0.39 is 30.7 Å². The van der Waals surface area contributed by atoms with Gasteiger partial charge < -0.3 is 29.5 Å². The molecule has 3 N–H and O–H groups in total. The zero-order valence-corrected chi connectivity index (χ0v) is 13.7. The van der Waals surface area contributed by atoms with Gasteiger partial charge in [0.2, 0.25) is 0 Å². The second kappa shape index (κ2) is 7.82. The standard InChI is InChI=1S/C14H19IO6/c1-19-14-12(18)13(11(17)10(6-16)21-14)20-7-8-3-2-4-9(15)5-8/h2-5,10-14,16-18H,6-7H2,1H3/t10-,11+,12-,13+,14-/m1/s1. The van der Waals surface area contributed by atoms with Crippen molar-refractivity contribution in [2.45, 2.75) is 37.3 Å². The molecule has 1 aromatic carbocycles. The minimum absolute atomic E-state index is 0.240. The minimum atomic E-state index is -1.13. The fourth-order valence-corrected chi connectivity index (χ4v) is 2.87. The normalized spacial score (nSPS) is 33.1. The quantitative estimate of drug-likeness (QED) is 0.604. The van der Waals surface area contributed by atoms with E-state index in [4.69, 9.17) is 14.2 Å². The highest BCUT2D eigenvalue weighted by Crippen LogP contribution is 2.25. The molecule has 1 saturated heterocycles. The predicted octanol–water partition coefficient (Wildman–Crippen LogP) is 0.262. The summed E-state index contributed by atoms with van der Waals surface area (Å²) in [5.74, 6) is 0. The maximum atomic E-state index is 10.1. The third kappa shape index (κ3) is 4.13.